The van der Waals surface area contributed by atoms with Gasteiger partial charge in [-0.05, 0) is 11.5 Å². The first-order valence-corrected chi connectivity index (χ1v) is 9.25. The molecular weight excluding hydrogens is 335 g/mol. The molecule has 0 fully saturated rings. The van der Waals surface area contributed by atoms with E-state index in [0.29, 0.717) is 0 Å². The van der Waals surface area contributed by atoms with Gasteiger partial charge in [0.05, 0.1) is 0 Å². The number of rotatable bonds is 8. The molecule has 0 aromatic heterocycles. The second-order valence-corrected chi connectivity index (χ2v) is 7.56. The van der Waals surface area contributed by atoms with Gasteiger partial charge >= 0.3 is 19.6 Å². The molecule has 0 spiro atoms. The van der Waals surface area contributed by atoms with E-state index in [9.17, 15) is 19.3 Å². The molecule has 0 aliphatic heterocycles. The Bertz CT molecular complexity index is 601. The predicted octanol–water partition coefficient (Wildman–Crippen LogP) is 1.49. The minimum absolute atomic E-state index is 0.0281. The predicted molar refractivity (Wildman–Crippen MR) is 88.6 cm³/mol. The molecule has 1 atom stereocenters. The molecule has 8 nitrogen and oxygen atoms in total. The Morgan fingerprint density at radius 1 is 1.21 bits per heavy atom. The van der Waals surface area contributed by atoms with Crippen LogP contribution in [0, 0.1) is 5.92 Å². The van der Waals surface area contributed by atoms with Crippen LogP contribution in [0.25, 0.3) is 0 Å². The Labute approximate surface area is 140 Å². The lowest BCUT2D eigenvalue weighted by molar-refractivity contribution is -0.139. The molecule has 0 aliphatic carbocycles. The Hall–Kier alpha value is -1.89. The molecule has 0 aliphatic rings. The highest BCUT2D eigenvalue weighted by Gasteiger charge is 2.28. The van der Waals surface area contributed by atoms with Crippen molar-refractivity contribution in [2.24, 2.45) is 5.92 Å². The largest absolute Gasteiger partial charge is 0.480 e. The van der Waals surface area contributed by atoms with Crippen LogP contribution in [0.3, 0.4) is 0 Å². The zero-order valence-corrected chi connectivity index (χ0v) is 14.5. The van der Waals surface area contributed by atoms with Crippen molar-refractivity contribution in [1.29, 1.82) is 0 Å². The van der Waals surface area contributed by atoms with Crippen molar-refractivity contribution in [2.75, 3.05) is 12.8 Å². The van der Waals surface area contributed by atoms with E-state index >= 15 is 0 Å². The molecule has 24 heavy (non-hydrogen) atoms. The van der Waals surface area contributed by atoms with Crippen LogP contribution >= 0.6 is 7.60 Å². The first-order valence-electron chi connectivity index (χ1n) is 7.45. The zero-order chi connectivity index (χ0) is 18.3. The Morgan fingerprint density at radius 3 is 2.25 bits per heavy atom. The number of carbonyl (C=O) groups is 2. The molecule has 2 amide bonds. The van der Waals surface area contributed by atoms with Crippen LogP contribution in [0.1, 0.15) is 19.4 Å². The molecule has 0 heterocycles. The highest BCUT2D eigenvalue weighted by Crippen LogP contribution is 2.35. The average molecular weight is 358 g/mol. The fraction of sp³-hybridized carbons (Fsp3) is 0.467. The van der Waals surface area contributed by atoms with Gasteiger partial charge in [0.15, 0.2) is 0 Å². The lowest BCUT2D eigenvalue weighted by Crippen LogP contribution is -2.50. The van der Waals surface area contributed by atoms with Crippen molar-refractivity contribution < 1.29 is 29.0 Å². The van der Waals surface area contributed by atoms with Crippen molar-refractivity contribution >= 4 is 19.6 Å². The fourth-order valence-electron chi connectivity index (χ4n) is 2.16. The van der Waals surface area contributed by atoms with Gasteiger partial charge in [0.25, 0.3) is 0 Å². The van der Waals surface area contributed by atoms with Crippen LogP contribution in [-0.4, -0.2) is 50.7 Å². The summed E-state index contributed by atoms with van der Waals surface area (Å²) < 4.78 is 11.2. The van der Waals surface area contributed by atoms with E-state index in [1.165, 1.54) is 0 Å². The van der Waals surface area contributed by atoms with Gasteiger partial charge in [0.2, 0.25) is 0 Å². The topological polar surface area (TPSA) is 127 Å². The van der Waals surface area contributed by atoms with Crippen LogP contribution in [0.5, 0.6) is 0 Å². The first kappa shape index (κ1) is 20.2. The Balaban J connectivity index is 2.83. The van der Waals surface area contributed by atoms with Gasteiger partial charge in [-0.2, -0.15) is 0 Å². The van der Waals surface area contributed by atoms with E-state index in [1.54, 1.807) is 44.2 Å². The maximum absolute atomic E-state index is 12.3. The average Bonchev–Trinajstić information content (AvgIpc) is 2.44. The van der Waals surface area contributed by atoms with Crippen molar-refractivity contribution in [2.45, 2.75) is 26.3 Å². The van der Waals surface area contributed by atoms with Crippen molar-refractivity contribution in [3.05, 3.63) is 35.9 Å². The molecule has 134 valence electrons. The summed E-state index contributed by atoms with van der Waals surface area (Å²) in [5, 5.41) is 11.6. The monoisotopic (exact) mass is 358 g/mol. The van der Waals surface area contributed by atoms with Crippen LogP contribution in [-0.2, 0) is 15.8 Å². The molecule has 0 saturated carbocycles. The molecule has 4 N–H and O–H groups in total. The van der Waals surface area contributed by atoms with Crippen LogP contribution < -0.4 is 5.32 Å². The fourth-order valence-corrected chi connectivity index (χ4v) is 2.85. The van der Waals surface area contributed by atoms with E-state index in [4.69, 9.17) is 9.79 Å². The lowest BCUT2D eigenvalue weighted by Gasteiger charge is -2.26. The maximum Gasteiger partial charge on any atom is 0.344 e. The van der Waals surface area contributed by atoms with Crippen molar-refractivity contribution in [3.63, 3.8) is 0 Å². The molecule has 1 aromatic rings. The summed E-state index contributed by atoms with van der Waals surface area (Å²) in [5.74, 6) is -1.24. The second kappa shape index (κ2) is 8.82. The number of aliphatic carboxylic acids is 1. The van der Waals surface area contributed by atoms with Gasteiger partial charge in [-0.3, -0.25) is 4.57 Å². The minimum atomic E-state index is -4.45. The lowest BCUT2D eigenvalue weighted by atomic mass is 10.1. The highest BCUT2D eigenvalue weighted by atomic mass is 31.2. The number of hydrogen-bond acceptors (Lipinski definition) is 3. The molecule has 1 aromatic carbocycles. The van der Waals surface area contributed by atoms with Gasteiger partial charge in [0.1, 0.15) is 12.3 Å². The van der Waals surface area contributed by atoms with Crippen LogP contribution in [0.2, 0.25) is 0 Å². The van der Waals surface area contributed by atoms with Crippen molar-refractivity contribution in [1.82, 2.24) is 10.2 Å². The second-order valence-electron chi connectivity index (χ2n) is 5.95. The van der Waals surface area contributed by atoms with Gasteiger partial charge in [-0.15, -0.1) is 0 Å². The molecule has 9 heteroatoms. The molecule has 0 unspecified atom stereocenters. The number of hydrogen-bond donors (Lipinski definition) is 4. The summed E-state index contributed by atoms with van der Waals surface area (Å²) in [7, 11) is -4.45. The summed E-state index contributed by atoms with van der Waals surface area (Å²) >= 11 is 0. The summed E-state index contributed by atoms with van der Waals surface area (Å²) in [6.45, 7) is 3.69. The third-order valence-corrected chi connectivity index (χ3v) is 3.82. The highest BCUT2D eigenvalue weighted by molar-refractivity contribution is 7.51. The standard InChI is InChI=1S/C15H23N2O6P/c1-11(2)9-17(10-24(21,22)23)15(20)16-13(14(18)19)8-12-6-4-3-5-7-12/h3-7,11,13H,8-10H2,1-2H3,(H,16,20)(H,18,19)(H2,21,22,23)/t13-/m0/s1. The summed E-state index contributed by atoms with van der Waals surface area (Å²) in [6.07, 6.45) is -0.679. The van der Waals surface area contributed by atoms with Gasteiger partial charge in [-0.25, -0.2) is 9.59 Å². The first-order chi connectivity index (χ1) is 11.1. The molecule has 0 saturated heterocycles. The number of amides is 2. The molecule has 0 radical (unpaired) electrons. The number of carboxylic acids is 1. The van der Waals surface area contributed by atoms with E-state index in [-0.39, 0.29) is 18.9 Å². The Morgan fingerprint density at radius 2 is 1.79 bits per heavy atom. The van der Waals surface area contributed by atoms with Crippen molar-refractivity contribution in [3.8, 4) is 0 Å². The van der Waals surface area contributed by atoms with Gasteiger partial charge in [0, 0.05) is 13.0 Å². The van der Waals surface area contributed by atoms with E-state index in [0.717, 1.165) is 10.5 Å². The smallest absolute Gasteiger partial charge is 0.344 e. The van der Waals surface area contributed by atoms with E-state index in [2.05, 4.69) is 5.32 Å². The Kier molecular flexibility index (Phi) is 7.41. The number of urea groups is 1. The number of carboxylic acid groups (broad SMARTS) is 1. The minimum Gasteiger partial charge on any atom is -0.480 e. The zero-order valence-electron chi connectivity index (χ0n) is 13.6. The molecule has 0 bridgehead atoms. The molecular formula is C15H23N2O6P. The maximum atomic E-state index is 12.3. The summed E-state index contributed by atoms with van der Waals surface area (Å²) in [5.41, 5.74) is 0.732. The van der Waals surface area contributed by atoms with E-state index < -0.39 is 31.9 Å². The third kappa shape index (κ3) is 7.59. The molecule has 1 rings (SSSR count). The number of nitrogens with zero attached hydrogens (tertiary/aromatic N) is 1. The number of carbonyl (C=O) groups excluding carboxylic acids is 1. The quantitative estimate of drug-likeness (QED) is 0.521. The number of nitrogens with one attached hydrogen (secondary N) is 1. The van der Waals surface area contributed by atoms with Crippen LogP contribution in [0.4, 0.5) is 4.79 Å². The van der Waals surface area contributed by atoms with Crippen LogP contribution in [0.15, 0.2) is 30.3 Å². The summed E-state index contributed by atoms with van der Waals surface area (Å²) in [6, 6.07) is 6.79. The normalized spacial score (nSPS) is 12.7. The van der Waals surface area contributed by atoms with Gasteiger partial charge < -0.3 is 25.1 Å². The SMILES string of the molecule is CC(C)CN(CP(=O)(O)O)C(=O)N[C@@H](Cc1ccccc1)C(=O)O. The van der Waals surface area contributed by atoms with E-state index in [1.807, 2.05) is 0 Å². The van der Waals surface area contributed by atoms with Gasteiger partial charge in [-0.1, -0.05) is 44.2 Å². The third-order valence-electron chi connectivity index (χ3n) is 3.11. The summed E-state index contributed by atoms with van der Waals surface area (Å²) in [4.78, 5) is 42.8. The number of benzene rings is 1.